The molecule has 0 aromatic heterocycles. The molecule has 7 saturated carbocycles. The highest BCUT2D eigenvalue weighted by molar-refractivity contribution is 5.98. The zero-order chi connectivity index (χ0) is 30.8. The van der Waals surface area contributed by atoms with Gasteiger partial charge in [0.2, 0.25) is 5.91 Å². The van der Waals surface area contributed by atoms with E-state index in [0.29, 0.717) is 31.4 Å². The van der Waals surface area contributed by atoms with E-state index < -0.39 is 11.4 Å². The van der Waals surface area contributed by atoms with Crippen molar-refractivity contribution in [3.63, 3.8) is 0 Å². The van der Waals surface area contributed by atoms with Crippen molar-refractivity contribution in [3.8, 4) is 17.6 Å². The van der Waals surface area contributed by atoms with Crippen LogP contribution in [0.3, 0.4) is 0 Å². The summed E-state index contributed by atoms with van der Waals surface area (Å²) in [4.78, 5) is 39.6. The Labute approximate surface area is 259 Å². The number of methoxy groups -OCH3 is 1. The second kappa shape index (κ2) is 11.0. The Hall–Kier alpha value is -3.28. The van der Waals surface area contributed by atoms with Crippen LogP contribution in [0.4, 0.5) is 0 Å². The Morgan fingerprint density at radius 2 is 1.57 bits per heavy atom. The summed E-state index contributed by atoms with van der Waals surface area (Å²) in [6, 6.07) is 5.03. The lowest BCUT2D eigenvalue weighted by molar-refractivity contribution is -0.150. The molecule has 8 rings (SSSR count). The van der Waals surface area contributed by atoms with Gasteiger partial charge in [0.15, 0.2) is 0 Å². The van der Waals surface area contributed by atoms with Crippen LogP contribution >= 0.6 is 0 Å². The number of hydrogen-bond donors (Lipinski definition) is 3. The minimum Gasteiger partial charge on any atom is -0.496 e. The topological polar surface area (TPSA) is 138 Å². The third-order valence-corrected chi connectivity index (χ3v) is 12.5. The van der Waals surface area contributed by atoms with Crippen molar-refractivity contribution in [3.05, 3.63) is 23.3 Å². The number of nitrogens with zero attached hydrogens (tertiary/aromatic N) is 1. The maximum Gasteiger partial charge on any atom is 0.309 e. The molecule has 3 N–H and O–H groups in total. The number of benzene rings is 1. The highest BCUT2D eigenvalue weighted by atomic mass is 16.5. The van der Waals surface area contributed by atoms with Crippen LogP contribution in [-0.2, 0) is 9.59 Å². The molecule has 9 nitrogen and oxygen atoms in total. The summed E-state index contributed by atoms with van der Waals surface area (Å²) in [5.74, 6) is 2.10. The number of aliphatic carboxylic acids is 1. The molecule has 7 aliphatic rings. The zero-order valence-corrected chi connectivity index (χ0v) is 25.9. The molecule has 0 saturated heterocycles. The molecule has 6 bridgehead atoms. The predicted octanol–water partition coefficient (Wildman–Crippen LogP) is 5.21. The second-order valence-electron chi connectivity index (χ2n) is 15.4. The fraction of sp³-hybridized carbons (Fsp3) is 0.714. The summed E-state index contributed by atoms with van der Waals surface area (Å²) in [6.45, 7) is 1.76. The monoisotopic (exact) mass is 603 g/mol. The molecule has 2 amide bonds. The lowest BCUT2D eigenvalue weighted by atomic mass is 9.53. The van der Waals surface area contributed by atoms with Crippen molar-refractivity contribution < 1.29 is 29.0 Å². The minimum absolute atomic E-state index is 0.0637. The highest BCUT2D eigenvalue weighted by Gasteiger charge is 2.55. The molecule has 1 aromatic carbocycles. The van der Waals surface area contributed by atoms with Crippen molar-refractivity contribution in [1.82, 2.24) is 10.6 Å². The van der Waals surface area contributed by atoms with E-state index in [2.05, 4.69) is 16.7 Å². The van der Waals surface area contributed by atoms with E-state index in [0.717, 1.165) is 56.3 Å². The van der Waals surface area contributed by atoms with E-state index in [9.17, 15) is 24.8 Å². The standard InChI is InChI=1S/C35H45N3O6/c1-34(33(41)42)7-5-25(6-8-34)44-27-14-26(28(43-2)13-24(27)18-36)31(39)37-30-23-4-3-22(12-23)29(30)32(40)38-35-15-19-9-20(16-35)11-21(10-19)17-35/h13-14,19-23,25,29-30H,3-12,15-17H2,1-2H3,(H,37,39)(H,38,40)(H,41,42). The molecule has 4 atom stereocenters. The normalized spacial score (nSPS) is 39.8. The largest absolute Gasteiger partial charge is 0.496 e. The molecule has 7 aliphatic carbocycles. The summed E-state index contributed by atoms with van der Waals surface area (Å²) in [6.07, 6.45) is 12.1. The smallest absolute Gasteiger partial charge is 0.309 e. The van der Waals surface area contributed by atoms with Gasteiger partial charge in [0.05, 0.1) is 35.7 Å². The van der Waals surface area contributed by atoms with Gasteiger partial charge in [-0.1, -0.05) is 0 Å². The van der Waals surface area contributed by atoms with Gasteiger partial charge in [-0.25, -0.2) is 0 Å². The number of nitriles is 1. The number of amides is 2. The summed E-state index contributed by atoms with van der Waals surface area (Å²) in [5.41, 5.74) is -0.304. The Bertz CT molecular complexity index is 1360. The highest BCUT2D eigenvalue weighted by Crippen LogP contribution is 2.56. The van der Waals surface area contributed by atoms with Crippen molar-refractivity contribution in [2.45, 2.75) is 108 Å². The van der Waals surface area contributed by atoms with Crippen molar-refractivity contribution in [2.24, 2.45) is 40.9 Å². The van der Waals surface area contributed by atoms with Crippen LogP contribution in [0.15, 0.2) is 12.1 Å². The quantitative estimate of drug-likeness (QED) is 0.371. The lowest BCUT2D eigenvalue weighted by Crippen LogP contribution is -2.62. The number of ether oxygens (including phenoxy) is 2. The molecule has 7 fully saturated rings. The van der Waals surface area contributed by atoms with Crippen LogP contribution in [0.25, 0.3) is 0 Å². The third-order valence-electron chi connectivity index (χ3n) is 12.5. The van der Waals surface area contributed by atoms with Gasteiger partial charge in [-0.2, -0.15) is 5.26 Å². The molecular weight excluding hydrogens is 558 g/mol. The molecule has 9 heteroatoms. The SMILES string of the molecule is COc1cc(C#N)c(OC2CCC(C)(C(=O)O)CC2)cc1C(=O)NC1C2CCC(C2)C1C(=O)NC12CC3CC(CC(C3)C1)C2. The lowest BCUT2D eigenvalue weighted by Gasteiger charge is -2.57. The average Bonchev–Trinajstić information content (AvgIpc) is 3.59. The van der Waals surface area contributed by atoms with Gasteiger partial charge in [0.1, 0.15) is 17.6 Å². The van der Waals surface area contributed by atoms with Crippen molar-refractivity contribution in [2.75, 3.05) is 7.11 Å². The van der Waals surface area contributed by atoms with Crippen LogP contribution in [0.5, 0.6) is 11.5 Å². The van der Waals surface area contributed by atoms with Crippen LogP contribution in [0.2, 0.25) is 0 Å². The molecule has 236 valence electrons. The minimum atomic E-state index is -0.803. The first-order chi connectivity index (χ1) is 21.1. The van der Waals surface area contributed by atoms with Gasteiger partial charge in [0.25, 0.3) is 5.91 Å². The summed E-state index contributed by atoms with van der Waals surface area (Å²) < 4.78 is 11.8. The van der Waals surface area contributed by atoms with Gasteiger partial charge < -0.3 is 25.2 Å². The number of carboxylic acid groups (broad SMARTS) is 1. The van der Waals surface area contributed by atoms with Crippen LogP contribution in [-0.4, -0.2) is 47.7 Å². The van der Waals surface area contributed by atoms with Gasteiger partial charge in [-0.3, -0.25) is 14.4 Å². The number of rotatable bonds is 8. The van der Waals surface area contributed by atoms with E-state index in [-0.39, 0.29) is 64.1 Å². The number of carbonyl (C=O) groups is 3. The van der Waals surface area contributed by atoms with Crippen LogP contribution in [0.1, 0.15) is 106 Å². The van der Waals surface area contributed by atoms with Gasteiger partial charge in [0, 0.05) is 17.6 Å². The van der Waals surface area contributed by atoms with Gasteiger partial charge in [-0.15, -0.1) is 0 Å². The fourth-order valence-electron chi connectivity index (χ4n) is 10.5. The Morgan fingerprint density at radius 1 is 0.932 bits per heavy atom. The van der Waals surface area contributed by atoms with E-state index in [1.165, 1.54) is 32.4 Å². The van der Waals surface area contributed by atoms with Crippen LogP contribution in [0, 0.1) is 52.3 Å². The zero-order valence-electron chi connectivity index (χ0n) is 25.9. The number of carboxylic acids is 1. The number of nitrogens with one attached hydrogen (secondary N) is 2. The summed E-state index contributed by atoms with van der Waals surface area (Å²) in [7, 11) is 1.47. The maximum atomic E-state index is 14.0. The van der Waals surface area contributed by atoms with Crippen LogP contribution < -0.4 is 20.1 Å². The van der Waals surface area contributed by atoms with E-state index in [1.807, 2.05) is 0 Å². The van der Waals surface area contributed by atoms with Crippen molar-refractivity contribution >= 4 is 17.8 Å². The van der Waals surface area contributed by atoms with E-state index in [4.69, 9.17) is 9.47 Å². The molecule has 0 spiro atoms. The number of fused-ring (bicyclic) bond motifs is 2. The number of carbonyl (C=O) groups excluding carboxylic acids is 2. The Kier molecular flexibility index (Phi) is 7.33. The van der Waals surface area contributed by atoms with E-state index >= 15 is 0 Å². The molecule has 0 aliphatic heterocycles. The number of hydrogen-bond acceptors (Lipinski definition) is 6. The predicted molar refractivity (Wildman–Crippen MR) is 161 cm³/mol. The Balaban J connectivity index is 1.08. The molecule has 1 aromatic rings. The first kappa shape index (κ1) is 29.4. The van der Waals surface area contributed by atoms with Gasteiger partial charge >= 0.3 is 5.97 Å². The molecule has 4 unspecified atom stereocenters. The Morgan fingerprint density at radius 3 is 2.16 bits per heavy atom. The second-order valence-corrected chi connectivity index (χ2v) is 15.4. The maximum absolute atomic E-state index is 14.0. The fourth-order valence-corrected chi connectivity index (χ4v) is 10.5. The third kappa shape index (κ3) is 5.12. The first-order valence-corrected chi connectivity index (χ1v) is 16.7. The molecule has 44 heavy (non-hydrogen) atoms. The molecular formula is C35H45N3O6. The van der Waals surface area contributed by atoms with Crippen molar-refractivity contribution in [1.29, 1.82) is 5.26 Å². The van der Waals surface area contributed by atoms with E-state index in [1.54, 1.807) is 13.0 Å². The first-order valence-electron chi connectivity index (χ1n) is 16.7. The average molecular weight is 604 g/mol. The summed E-state index contributed by atoms with van der Waals surface area (Å²) in [5, 5.41) is 26.3. The van der Waals surface area contributed by atoms with Gasteiger partial charge in [-0.05, 0) is 126 Å². The molecule has 0 radical (unpaired) electrons. The molecule has 0 heterocycles. The summed E-state index contributed by atoms with van der Waals surface area (Å²) >= 11 is 0.